The fourth-order valence-corrected chi connectivity index (χ4v) is 0.989. The van der Waals surface area contributed by atoms with E-state index in [0.717, 1.165) is 5.57 Å². The third-order valence-electron chi connectivity index (χ3n) is 1.73. The number of hydrogen-bond acceptors (Lipinski definition) is 5. The van der Waals surface area contributed by atoms with Crippen molar-refractivity contribution in [3.8, 4) is 0 Å². The van der Waals surface area contributed by atoms with Gasteiger partial charge in [0.2, 0.25) is 0 Å². The highest BCUT2D eigenvalue weighted by Crippen LogP contribution is 1.88. The lowest BCUT2D eigenvalue weighted by Crippen LogP contribution is -2.14. The Morgan fingerprint density at radius 2 is 1.24 bits per heavy atom. The zero-order valence-corrected chi connectivity index (χ0v) is 10.8. The largest absolute Gasteiger partial charge is 0.378 e. The first kappa shape index (κ1) is 16.5. The van der Waals surface area contributed by atoms with E-state index in [0.29, 0.717) is 59.4 Å². The molecule has 0 aliphatic rings. The Bertz CT molecular complexity index is 176. The minimum atomic E-state index is 0.549. The van der Waals surface area contributed by atoms with Crippen molar-refractivity contribution in [3.05, 3.63) is 12.2 Å². The summed E-state index contributed by atoms with van der Waals surface area (Å²) in [5.41, 5.74) is 6.28. The van der Waals surface area contributed by atoms with E-state index in [1.54, 1.807) is 0 Å². The molecular weight excluding hydrogens is 222 g/mol. The van der Waals surface area contributed by atoms with Crippen LogP contribution in [0, 0.1) is 0 Å². The van der Waals surface area contributed by atoms with Crippen LogP contribution < -0.4 is 5.73 Å². The summed E-state index contributed by atoms with van der Waals surface area (Å²) in [5, 5.41) is 0. The summed E-state index contributed by atoms with van der Waals surface area (Å²) in [5.74, 6) is 0. The Kier molecular flexibility index (Phi) is 13.2. The molecule has 0 aromatic rings. The number of nitrogens with two attached hydrogens (primary N) is 1. The van der Waals surface area contributed by atoms with Crippen LogP contribution in [0.15, 0.2) is 12.2 Å². The van der Waals surface area contributed by atoms with Gasteiger partial charge in [0.15, 0.2) is 0 Å². The molecule has 0 bridgehead atoms. The summed E-state index contributed by atoms with van der Waals surface area (Å²) in [6, 6.07) is 0. The molecule has 0 rings (SSSR count). The van der Waals surface area contributed by atoms with Gasteiger partial charge in [-0.2, -0.15) is 0 Å². The molecule has 0 aromatic heterocycles. The van der Waals surface area contributed by atoms with E-state index < -0.39 is 0 Å². The van der Waals surface area contributed by atoms with Crippen LogP contribution in [0.1, 0.15) is 6.92 Å². The first-order chi connectivity index (χ1) is 8.27. The second-order valence-corrected chi connectivity index (χ2v) is 3.64. The summed E-state index contributed by atoms with van der Waals surface area (Å²) in [6.45, 7) is 10.9. The molecule has 102 valence electrons. The van der Waals surface area contributed by atoms with Gasteiger partial charge < -0.3 is 24.7 Å². The first-order valence-corrected chi connectivity index (χ1v) is 5.92. The van der Waals surface area contributed by atoms with Crippen molar-refractivity contribution in [1.29, 1.82) is 0 Å². The van der Waals surface area contributed by atoms with E-state index in [-0.39, 0.29) is 0 Å². The quantitative estimate of drug-likeness (QED) is 0.381. The van der Waals surface area contributed by atoms with Gasteiger partial charge in [0.25, 0.3) is 0 Å². The lowest BCUT2D eigenvalue weighted by atomic mass is 10.4. The third-order valence-corrected chi connectivity index (χ3v) is 1.73. The molecule has 0 amide bonds. The maximum atomic E-state index is 5.30. The molecule has 0 heterocycles. The van der Waals surface area contributed by atoms with Gasteiger partial charge in [0.05, 0.1) is 52.9 Å². The van der Waals surface area contributed by atoms with Crippen LogP contribution in [0.4, 0.5) is 0 Å². The lowest BCUT2D eigenvalue weighted by Gasteiger charge is -2.07. The Balaban J connectivity index is 2.91. The summed E-state index contributed by atoms with van der Waals surface area (Å²) >= 11 is 0. The zero-order valence-electron chi connectivity index (χ0n) is 10.8. The molecule has 0 saturated heterocycles. The molecule has 0 fully saturated rings. The van der Waals surface area contributed by atoms with Crippen LogP contribution in [-0.2, 0) is 18.9 Å². The summed E-state index contributed by atoms with van der Waals surface area (Å²) in [7, 11) is 0. The van der Waals surface area contributed by atoms with E-state index >= 15 is 0 Å². The number of hydrogen-bond donors (Lipinski definition) is 1. The second-order valence-electron chi connectivity index (χ2n) is 3.64. The molecule has 0 aliphatic heterocycles. The normalized spacial score (nSPS) is 10.7. The molecular formula is C12H25NO4. The Morgan fingerprint density at radius 3 is 1.65 bits per heavy atom. The molecule has 0 atom stereocenters. The Hall–Kier alpha value is -0.460. The molecule has 0 aliphatic carbocycles. The average Bonchev–Trinajstić information content (AvgIpc) is 2.30. The van der Waals surface area contributed by atoms with Crippen LogP contribution in [0.2, 0.25) is 0 Å². The summed E-state index contributed by atoms with van der Waals surface area (Å²) in [4.78, 5) is 0. The van der Waals surface area contributed by atoms with Crippen molar-refractivity contribution < 1.29 is 18.9 Å². The topological polar surface area (TPSA) is 62.9 Å². The van der Waals surface area contributed by atoms with Crippen LogP contribution in [0.5, 0.6) is 0 Å². The van der Waals surface area contributed by atoms with Gasteiger partial charge in [0, 0.05) is 6.54 Å². The fourth-order valence-electron chi connectivity index (χ4n) is 0.989. The maximum absolute atomic E-state index is 5.30. The minimum Gasteiger partial charge on any atom is -0.378 e. The Labute approximate surface area is 104 Å². The van der Waals surface area contributed by atoms with Gasteiger partial charge in [-0.1, -0.05) is 12.2 Å². The maximum Gasteiger partial charge on any atom is 0.0704 e. The number of ether oxygens (including phenoxy) is 4. The minimum absolute atomic E-state index is 0.549. The predicted octanol–water partition coefficient (Wildman–Crippen LogP) is 0.588. The van der Waals surface area contributed by atoms with Gasteiger partial charge >= 0.3 is 0 Å². The van der Waals surface area contributed by atoms with Gasteiger partial charge in [-0.25, -0.2) is 0 Å². The first-order valence-electron chi connectivity index (χ1n) is 5.92. The van der Waals surface area contributed by atoms with E-state index in [9.17, 15) is 0 Å². The molecule has 5 heteroatoms. The van der Waals surface area contributed by atoms with Gasteiger partial charge in [-0.15, -0.1) is 0 Å². The third kappa shape index (κ3) is 15.5. The molecule has 2 N–H and O–H groups in total. The van der Waals surface area contributed by atoms with Crippen molar-refractivity contribution in [2.75, 3.05) is 59.4 Å². The standard InChI is InChI=1S/C12H25NO4/c1-12(2)11-17-10-9-16-8-7-15-6-5-14-4-3-13/h1,3-11,13H2,2H3. The number of rotatable bonds is 13. The predicted molar refractivity (Wildman–Crippen MR) is 67.1 cm³/mol. The van der Waals surface area contributed by atoms with Crippen molar-refractivity contribution in [1.82, 2.24) is 0 Å². The van der Waals surface area contributed by atoms with E-state index in [1.807, 2.05) is 6.92 Å². The molecule has 5 nitrogen and oxygen atoms in total. The van der Waals surface area contributed by atoms with Crippen LogP contribution in [0.25, 0.3) is 0 Å². The van der Waals surface area contributed by atoms with Gasteiger partial charge in [-0.3, -0.25) is 0 Å². The molecule has 0 spiro atoms. The van der Waals surface area contributed by atoms with Crippen LogP contribution >= 0.6 is 0 Å². The summed E-state index contributed by atoms with van der Waals surface area (Å²) < 4.78 is 21.0. The van der Waals surface area contributed by atoms with Gasteiger partial charge in [0.1, 0.15) is 0 Å². The molecule has 0 saturated carbocycles. The molecule has 17 heavy (non-hydrogen) atoms. The van der Waals surface area contributed by atoms with Crippen molar-refractivity contribution >= 4 is 0 Å². The SMILES string of the molecule is C=C(C)COCCOCCOCCOCCN. The summed E-state index contributed by atoms with van der Waals surface area (Å²) in [6.07, 6.45) is 0. The highest BCUT2D eigenvalue weighted by molar-refractivity contribution is 4.87. The fraction of sp³-hybridized carbons (Fsp3) is 0.833. The second kappa shape index (κ2) is 13.6. The smallest absolute Gasteiger partial charge is 0.0704 e. The highest BCUT2D eigenvalue weighted by Gasteiger charge is 1.92. The van der Waals surface area contributed by atoms with E-state index in [1.165, 1.54) is 0 Å². The van der Waals surface area contributed by atoms with Crippen molar-refractivity contribution in [3.63, 3.8) is 0 Å². The Morgan fingerprint density at radius 1 is 0.824 bits per heavy atom. The van der Waals surface area contributed by atoms with E-state index in [2.05, 4.69) is 6.58 Å². The average molecular weight is 247 g/mol. The van der Waals surface area contributed by atoms with Crippen LogP contribution in [0.3, 0.4) is 0 Å². The van der Waals surface area contributed by atoms with Gasteiger partial charge in [-0.05, 0) is 6.92 Å². The lowest BCUT2D eigenvalue weighted by molar-refractivity contribution is 0.00130. The molecule has 0 aromatic carbocycles. The van der Waals surface area contributed by atoms with Crippen molar-refractivity contribution in [2.24, 2.45) is 5.73 Å². The monoisotopic (exact) mass is 247 g/mol. The molecule has 0 radical (unpaired) electrons. The van der Waals surface area contributed by atoms with Crippen molar-refractivity contribution in [2.45, 2.75) is 6.92 Å². The molecule has 0 unspecified atom stereocenters. The van der Waals surface area contributed by atoms with E-state index in [4.69, 9.17) is 24.7 Å². The van der Waals surface area contributed by atoms with Crippen LogP contribution in [-0.4, -0.2) is 59.4 Å². The highest BCUT2D eigenvalue weighted by atomic mass is 16.6. The zero-order chi connectivity index (χ0) is 12.8.